The van der Waals surface area contributed by atoms with Crippen molar-refractivity contribution < 1.29 is 14.7 Å². The van der Waals surface area contributed by atoms with Crippen LogP contribution in [0.2, 0.25) is 10.0 Å². The van der Waals surface area contributed by atoms with E-state index in [0.29, 0.717) is 17.3 Å². The Morgan fingerprint density at radius 1 is 1.40 bits per heavy atom. The molecular formula is C13H14Cl2N2O3. The molecule has 1 aromatic rings. The second-order valence-electron chi connectivity index (χ2n) is 3.94. The first kappa shape index (κ1) is 16.5. The maximum Gasteiger partial charge on any atom is 0.321 e. The van der Waals surface area contributed by atoms with Gasteiger partial charge in [-0.05, 0) is 12.1 Å². The molecule has 0 saturated heterocycles. The fraction of sp³-hybridized carbons (Fsp3) is 0.231. The van der Waals surface area contributed by atoms with Crippen LogP contribution in [0.25, 0.3) is 0 Å². The quantitative estimate of drug-likeness (QED) is 0.675. The summed E-state index contributed by atoms with van der Waals surface area (Å²) in [6.07, 6.45) is 1.29. The number of carboxylic acid groups (broad SMARTS) is 1. The molecule has 5 nitrogen and oxygen atoms in total. The van der Waals surface area contributed by atoms with Crippen LogP contribution in [0.5, 0.6) is 0 Å². The normalized spacial score (nSPS) is 11.7. The van der Waals surface area contributed by atoms with Crippen molar-refractivity contribution in [3.63, 3.8) is 0 Å². The maximum atomic E-state index is 11.8. The Labute approximate surface area is 126 Å². The molecule has 0 radical (unpaired) electrons. The lowest BCUT2D eigenvalue weighted by atomic mass is 10.2. The molecule has 0 bridgehead atoms. The number of hydrogen-bond acceptors (Lipinski definition) is 3. The molecule has 0 aromatic heterocycles. The topological polar surface area (TPSA) is 78.4 Å². The molecule has 0 saturated carbocycles. The number of nitrogens with one attached hydrogen (secondary N) is 2. The van der Waals surface area contributed by atoms with Crippen LogP contribution < -0.4 is 10.6 Å². The van der Waals surface area contributed by atoms with E-state index in [2.05, 4.69) is 17.2 Å². The molecule has 7 heteroatoms. The van der Waals surface area contributed by atoms with Crippen LogP contribution in [-0.4, -0.2) is 29.6 Å². The molecule has 1 rings (SSSR count). The number of amides is 1. The predicted molar refractivity (Wildman–Crippen MR) is 79.3 cm³/mol. The van der Waals surface area contributed by atoms with Crippen molar-refractivity contribution in [2.75, 3.05) is 11.9 Å². The molecule has 3 N–H and O–H groups in total. The van der Waals surface area contributed by atoms with E-state index in [1.54, 1.807) is 18.2 Å². The number of rotatable bonds is 7. The molecule has 1 amide bonds. The molecule has 0 heterocycles. The second kappa shape index (κ2) is 7.89. The summed E-state index contributed by atoms with van der Waals surface area (Å²) in [5, 5.41) is 14.7. The fourth-order valence-electron chi connectivity index (χ4n) is 1.46. The SMILES string of the molecule is C=CCN[C@H](CC(=O)Nc1cccc(Cl)c1Cl)C(=O)O. The minimum atomic E-state index is -1.11. The first-order chi connectivity index (χ1) is 9.45. The number of benzene rings is 1. The summed E-state index contributed by atoms with van der Waals surface area (Å²) in [7, 11) is 0. The van der Waals surface area contributed by atoms with Crippen molar-refractivity contribution in [1.82, 2.24) is 5.32 Å². The van der Waals surface area contributed by atoms with E-state index < -0.39 is 17.9 Å². The molecule has 0 fully saturated rings. The van der Waals surface area contributed by atoms with Crippen LogP contribution in [0.15, 0.2) is 30.9 Å². The molecule has 0 aliphatic heterocycles. The number of aliphatic carboxylic acids is 1. The lowest BCUT2D eigenvalue weighted by Gasteiger charge is -2.13. The van der Waals surface area contributed by atoms with Gasteiger partial charge in [-0.2, -0.15) is 0 Å². The van der Waals surface area contributed by atoms with Crippen LogP contribution in [0.4, 0.5) is 5.69 Å². The van der Waals surface area contributed by atoms with Crippen molar-refractivity contribution in [2.45, 2.75) is 12.5 Å². The van der Waals surface area contributed by atoms with E-state index in [4.69, 9.17) is 28.3 Å². The zero-order chi connectivity index (χ0) is 15.1. The van der Waals surface area contributed by atoms with Crippen LogP contribution in [-0.2, 0) is 9.59 Å². The lowest BCUT2D eigenvalue weighted by molar-refractivity contribution is -0.140. The Morgan fingerprint density at radius 2 is 2.10 bits per heavy atom. The number of carbonyl (C=O) groups excluding carboxylic acids is 1. The van der Waals surface area contributed by atoms with Crippen molar-refractivity contribution >= 4 is 40.8 Å². The third-order valence-electron chi connectivity index (χ3n) is 2.42. The number of halogens is 2. The van der Waals surface area contributed by atoms with Gasteiger partial charge in [0.2, 0.25) is 5.91 Å². The maximum absolute atomic E-state index is 11.8. The van der Waals surface area contributed by atoms with Gasteiger partial charge in [-0.1, -0.05) is 35.3 Å². The van der Waals surface area contributed by atoms with E-state index in [-0.39, 0.29) is 11.4 Å². The van der Waals surface area contributed by atoms with E-state index in [1.165, 1.54) is 6.08 Å². The molecule has 0 spiro atoms. The predicted octanol–water partition coefficient (Wildman–Crippen LogP) is 2.55. The van der Waals surface area contributed by atoms with Crippen LogP contribution in [0, 0.1) is 0 Å². The molecule has 20 heavy (non-hydrogen) atoms. The molecule has 1 aromatic carbocycles. The van der Waals surface area contributed by atoms with Gasteiger partial charge in [0.25, 0.3) is 0 Å². The van der Waals surface area contributed by atoms with Crippen LogP contribution in [0.1, 0.15) is 6.42 Å². The van der Waals surface area contributed by atoms with Gasteiger partial charge in [0.05, 0.1) is 22.2 Å². The summed E-state index contributed by atoms with van der Waals surface area (Å²) >= 11 is 11.7. The summed E-state index contributed by atoms with van der Waals surface area (Å²) < 4.78 is 0. The zero-order valence-electron chi connectivity index (χ0n) is 10.5. The van der Waals surface area contributed by atoms with Crippen LogP contribution >= 0.6 is 23.2 Å². The Kier molecular flexibility index (Phi) is 6.51. The third-order valence-corrected chi connectivity index (χ3v) is 3.24. The number of hydrogen-bond donors (Lipinski definition) is 3. The van der Waals surface area contributed by atoms with Gasteiger partial charge in [0.15, 0.2) is 0 Å². The lowest BCUT2D eigenvalue weighted by Crippen LogP contribution is -2.39. The summed E-state index contributed by atoms with van der Waals surface area (Å²) in [6, 6.07) is 3.81. The van der Waals surface area contributed by atoms with E-state index in [0.717, 1.165) is 0 Å². The van der Waals surface area contributed by atoms with Gasteiger partial charge in [-0.15, -0.1) is 6.58 Å². The highest BCUT2D eigenvalue weighted by atomic mass is 35.5. The van der Waals surface area contributed by atoms with Gasteiger partial charge >= 0.3 is 5.97 Å². The fourth-order valence-corrected chi connectivity index (χ4v) is 1.81. The minimum absolute atomic E-state index is 0.216. The molecule has 108 valence electrons. The summed E-state index contributed by atoms with van der Waals surface area (Å²) in [6.45, 7) is 3.77. The highest BCUT2D eigenvalue weighted by Gasteiger charge is 2.20. The molecule has 0 aliphatic rings. The van der Waals surface area contributed by atoms with Gasteiger partial charge in [0.1, 0.15) is 6.04 Å². The van der Waals surface area contributed by atoms with Crippen molar-refractivity contribution in [3.05, 3.63) is 40.9 Å². The third kappa shape index (κ3) is 4.85. The average Bonchev–Trinajstić information content (AvgIpc) is 2.39. The average molecular weight is 317 g/mol. The van der Waals surface area contributed by atoms with E-state index in [1.807, 2.05) is 0 Å². The largest absolute Gasteiger partial charge is 0.480 e. The Morgan fingerprint density at radius 3 is 2.70 bits per heavy atom. The smallest absolute Gasteiger partial charge is 0.321 e. The number of carboxylic acids is 1. The van der Waals surface area contributed by atoms with Crippen molar-refractivity contribution in [3.8, 4) is 0 Å². The molecular weight excluding hydrogens is 303 g/mol. The minimum Gasteiger partial charge on any atom is -0.480 e. The highest BCUT2D eigenvalue weighted by molar-refractivity contribution is 6.43. The standard InChI is InChI=1S/C13H14Cl2N2O3/c1-2-6-16-10(13(19)20)7-11(18)17-9-5-3-4-8(14)12(9)15/h2-5,10,16H,1,6-7H2,(H,17,18)(H,19,20)/t10-/m1/s1. The Balaban J connectivity index is 2.68. The van der Waals surface area contributed by atoms with Gasteiger partial charge in [-0.25, -0.2) is 0 Å². The van der Waals surface area contributed by atoms with E-state index >= 15 is 0 Å². The van der Waals surface area contributed by atoms with Gasteiger partial charge < -0.3 is 15.7 Å². The zero-order valence-corrected chi connectivity index (χ0v) is 12.0. The van der Waals surface area contributed by atoms with Crippen LogP contribution in [0.3, 0.4) is 0 Å². The Hall–Kier alpha value is -1.56. The Bertz CT molecular complexity index is 520. The summed E-state index contributed by atoms with van der Waals surface area (Å²) in [4.78, 5) is 22.8. The molecule has 1 atom stereocenters. The van der Waals surface area contributed by atoms with Crippen molar-refractivity contribution in [2.24, 2.45) is 0 Å². The van der Waals surface area contributed by atoms with Gasteiger partial charge in [0, 0.05) is 6.54 Å². The first-order valence-corrected chi connectivity index (χ1v) is 6.52. The highest BCUT2D eigenvalue weighted by Crippen LogP contribution is 2.29. The number of carbonyl (C=O) groups is 2. The molecule has 0 unspecified atom stereocenters. The first-order valence-electron chi connectivity index (χ1n) is 5.76. The second-order valence-corrected chi connectivity index (χ2v) is 4.73. The summed E-state index contributed by atoms with van der Waals surface area (Å²) in [5.74, 6) is -1.59. The molecule has 0 aliphatic carbocycles. The van der Waals surface area contributed by atoms with Gasteiger partial charge in [-0.3, -0.25) is 9.59 Å². The monoisotopic (exact) mass is 316 g/mol. The van der Waals surface area contributed by atoms with E-state index in [9.17, 15) is 9.59 Å². The summed E-state index contributed by atoms with van der Waals surface area (Å²) in [5.41, 5.74) is 0.344. The van der Waals surface area contributed by atoms with Crippen molar-refractivity contribution in [1.29, 1.82) is 0 Å². The number of anilines is 1.